The zero-order chi connectivity index (χ0) is 25.0. The molecule has 2 aromatic heterocycles. The van der Waals surface area contributed by atoms with Crippen LogP contribution < -0.4 is 10.2 Å². The van der Waals surface area contributed by atoms with Crippen molar-refractivity contribution in [1.29, 1.82) is 0 Å². The second kappa shape index (κ2) is 10.3. The SMILES string of the molecule is O=C(CN1CCN(c2nnc(Cc3ccccc3)c3ccccc23)CC1)Nc1cccc2ncccc12. The predicted molar refractivity (Wildman–Crippen MR) is 148 cm³/mol. The molecule has 3 heterocycles. The van der Waals surface area contributed by atoms with Crippen LogP contribution in [0.4, 0.5) is 11.5 Å². The van der Waals surface area contributed by atoms with Gasteiger partial charge in [0.05, 0.1) is 23.4 Å². The van der Waals surface area contributed by atoms with Crippen LogP contribution in [0.1, 0.15) is 11.3 Å². The lowest BCUT2D eigenvalue weighted by Crippen LogP contribution is -2.49. The van der Waals surface area contributed by atoms with Crippen molar-refractivity contribution in [2.75, 3.05) is 42.9 Å². The average Bonchev–Trinajstić information content (AvgIpc) is 2.95. The minimum atomic E-state index is -0.0136. The van der Waals surface area contributed by atoms with E-state index in [-0.39, 0.29) is 5.91 Å². The van der Waals surface area contributed by atoms with Crippen LogP contribution in [-0.2, 0) is 11.2 Å². The molecule has 0 atom stereocenters. The van der Waals surface area contributed by atoms with E-state index in [1.807, 2.05) is 36.4 Å². The van der Waals surface area contributed by atoms with Crippen LogP contribution >= 0.6 is 0 Å². The van der Waals surface area contributed by atoms with E-state index in [1.165, 1.54) is 5.56 Å². The Balaban J connectivity index is 1.12. The van der Waals surface area contributed by atoms with Gasteiger partial charge in [-0.1, -0.05) is 60.7 Å². The lowest BCUT2D eigenvalue weighted by molar-refractivity contribution is -0.117. The quantitative estimate of drug-likeness (QED) is 0.379. The lowest BCUT2D eigenvalue weighted by Gasteiger charge is -2.35. The van der Waals surface area contributed by atoms with Gasteiger partial charge in [0.2, 0.25) is 5.91 Å². The highest BCUT2D eigenvalue weighted by Gasteiger charge is 2.22. The van der Waals surface area contributed by atoms with Crippen molar-refractivity contribution in [2.45, 2.75) is 6.42 Å². The molecule has 1 amide bonds. The van der Waals surface area contributed by atoms with Crippen molar-refractivity contribution >= 4 is 39.1 Å². The summed E-state index contributed by atoms with van der Waals surface area (Å²) in [7, 11) is 0. The maximum Gasteiger partial charge on any atom is 0.238 e. The standard InChI is InChI=1S/C30H28N6O/c37-29(32-27-14-6-13-26-25(27)12-7-15-31-26)21-35-16-18-36(19-17-35)30-24-11-5-4-10-23(24)28(33-34-30)20-22-8-2-1-3-9-22/h1-15H,16-21H2,(H,32,37). The molecular formula is C30H28N6O. The van der Waals surface area contributed by atoms with Crippen LogP contribution in [-0.4, -0.2) is 58.7 Å². The number of fused-ring (bicyclic) bond motifs is 2. The first kappa shape index (κ1) is 23.1. The molecule has 37 heavy (non-hydrogen) atoms. The minimum absolute atomic E-state index is 0.0136. The van der Waals surface area contributed by atoms with Crippen LogP contribution in [0.2, 0.25) is 0 Å². The Kier molecular flexibility index (Phi) is 6.44. The molecule has 7 heteroatoms. The number of carbonyl (C=O) groups excluding carboxylic acids is 1. The number of carbonyl (C=O) groups is 1. The molecule has 1 N–H and O–H groups in total. The smallest absolute Gasteiger partial charge is 0.238 e. The summed E-state index contributed by atoms with van der Waals surface area (Å²) in [6.45, 7) is 3.51. The molecule has 1 aliphatic rings. The summed E-state index contributed by atoms with van der Waals surface area (Å²) in [5, 5.41) is 15.6. The normalized spacial score (nSPS) is 14.2. The van der Waals surface area contributed by atoms with E-state index >= 15 is 0 Å². The van der Waals surface area contributed by atoms with E-state index in [1.54, 1.807) is 6.20 Å². The molecule has 6 rings (SSSR count). The van der Waals surface area contributed by atoms with E-state index in [4.69, 9.17) is 0 Å². The molecule has 0 radical (unpaired) electrons. The van der Waals surface area contributed by atoms with Crippen molar-refractivity contribution < 1.29 is 4.79 Å². The lowest BCUT2D eigenvalue weighted by atomic mass is 10.0. The molecular weight excluding hydrogens is 460 g/mol. The highest BCUT2D eigenvalue weighted by Crippen LogP contribution is 2.28. The Morgan fingerprint density at radius 2 is 1.51 bits per heavy atom. The summed E-state index contributed by atoms with van der Waals surface area (Å²) in [4.78, 5) is 21.7. The van der Waals surface area contributed by atoms with E-state index in [0.29, 0.717) is 6.54 Å². The van der Waals surface area contributed by atoms with E-state index in [9.17, 15) is 4.79 Å². The molecule has 0 bridgehead atoms. The van der Waals surface area contributed by atoms with Crippen molar-refractivity contribution in [3.63, 3.8) is 0 Å². The van der Waals surface area contributed by atoms with E-state index < -0.39 is 0 Å². The molecule has 184 valence electrons. The first-order chi connectivity index (χ1) is 18.2. The third kappa shape index (κ3) is 4.99. The first-order valence-electron chi connectivity index (χ1n) is 12.6. The average molecular weight is 489 g/mol. The largest absolute Gasteiger partial charge is 0.352 e. The zero-order valence-corrected chi connectivity index (χ0v) is 20.5. The molecule has 0 saturated carbocycles. The summed E-state index contributed by atoms with van der Waals surface area (Å²) in [5.74, 6) is 0.903. The van der Waals surface area contributed by atoms with Crippen LogP contribution in [0, 0.1) is 0 Å². The van der Waals surface area contributed by atoms with Gasteiger partial charge < -0.3 is 10.2 Å². The Morgan fingerprint density at radius 3 is 2.35 bits per heavy atom. The topological polar surface area (TPSA) is 74.2 Å². The molecule has 3 aromatic carbocycles. The number of nitrogens with zero attached hydrogens (tertiary/aromatic N) is 5. The van der Waals surface area contributed by atoms with E-state index in [2.05, 4.69) is 78.8 Å². The summed E-state index contributed by atoms with van der Waals surface area (Å²) < 4.78 is 0. The van der Waals surface area contributed by atoms with Crippen LogP contribution in [0.15, 0.2) is 91.1 Å². The molecule has 1 saturated heterocycles. The van der Waals surface area contributed by atoms with Gasteiger partial charge in [0.25, 0.3) is 0 Å². The number of amides is 1. The number of anilines is 2. The summed E-state index contributed by atoms with van der Waals surface area (Å²) in [6, 6.07) is 28.4. The fourth-order valence-corrected chi connectivity index (χ4v) is 5.02. The second-order valence-electron chi connectivity index (χ2n) is 9.37. The van der Waals surface area contributed by atoms with Crippen LogP contribution in [0.25, 0.3) is 21.7 Å². The van der Waals surface area contributed by atoms with Crippen LogP contribution in [0.3, 0.4) is 0 Å². The van der Waals surface area contributed by atoms with Gasteiger partial charge in [0.15, 0.2) is 5.82 Å². The van der Waals surface area contributed by atoms with Gasteiger partial charge in [-0.2, -0.15) is 5.10 Å². The van der Waals surface area contributed by atoms with Crippen molar-refractivity contribution in [2.24, 2.45) is 0 Å². The second-order valence-corrected chi connectivity index (χ2v) is 9.37. The maximum absolute atomic E-state index is 12.8. The monoisotopic (exact) mass is 488 g/mol. The van der Waals surface area contributed by atoms with Gasteiger partial charge in [0.1, 0.15) is 0 Å². The molecule has 0 unspecified atom stereocenters. The van der Waals surface area contributed by atoms with Crippen LogP contribution in [0.5, 0.6) is 0 Å². The summed E-state index contributed by atoms with van der Waals surface area (Å²) in [5.41, 5.74) is 3.88. The number of hydrogen-bond acceptors (Lipinski definition) is 6. The van der Waals surface area contributed by atoms with Gasteiger partial charge in [-0.15, -0.1) is 5.10 Å². The molecule has 0 aliphatic carbocycles. The third-order valence-electron chi connectivity index (χ3n) is 6.92. The molecule has 1 fully saturated rings. The zero-order valence-electron chi connectivity index (χ0n) is 20.5. The molecule has 5 aromatic rings. The Hall–Kier alpha value is -4.36. The first-order valence-corrected chi connectivity index (χ1v) is 12.6. The van der Waals surface area contributed by atoms with Gasteiger partial charge >= 0.3 is 0 Å². The molecule has 1 aliphatic heterocycles. The number of aromatic nitrogens is 3. The fourth-order valence-electron chi connectivity index (χ4n) is 5.02. The highest BCUT2D eigenvalue weighted by atomic mass is 16.2. The number of nitrogens with one attached hydrogen (secondary N) is 1. The number of hydrogen-bond donors (Lipinski definition) is 1. The predicted octanol–water partition coefficient (Wildman–Crippen LogP) is 4.53. The molecule has 0 spiro atoms. The third-order valence-corrected chi connectivity index (χ3v) is 6.92. The van der Waals surface area contributed by atoms with Gasteiger partial charge in [0, 0.05) is 55.0 Å². The maximum atomic E-state index is 12.8. The Labute approximate surface area is 215 Å². The van der Waals surface area contributed by atoms with Crippen molar-refractivity contribution in [3.8, 4) is 0 Å². The Bertz CT molecular complexity index is 1540. The number of pyridine rings is 1. The number of rotatable bonds is 6. The fraction of sp³-hybridized carbons (Fsp3) is 0.200. The number of benzene rings is 3. The summed E-state index contributed by atoms with van der Waals surface area (Å²) >= 11 is 0. The summed E-state index contributed by atoms with van der Waals surface area (Å²) in [6.07, 6.45) is 2.52. The Morgan fingerprint density at radius 1 is 0.757 bits per heavy atom. The number of piperazine rings is 1. The van der Waals surface area contributed by atoms with Gasteiger partial charge in [-0.05, 0) is 29.8 Å². The van der Waals surface area contributed by atoms with Crippen molar-refractivity contribution in [1.82, 2.24) is 20.1 Å². The minimum Gasteiger partial charge on any atom is -0.352 e. The van der Waals surface area contributed by atoms with Crippen molar-refractivity contribution in [3.05, 3.63) is 102 Å². The van der Waals surface area contributed by atoms with Gasteiger partial charge in [-0.3, -0.25) is 14.7 Å². The highest BCUT2D eigenvalue weighted by molar-refractivity contribution is 6.01. The van der Waals surface area contributed by atoms with E-state index in [0.717, 1.165) is 71.5 Å². The van der Waals surface area contributed by atoms with Gasteiger partial charge in [-0.25, -0.2) is 0 Å². The molecule has 7 nitrogen and oxygen atoms in total.